The molecule has 0 saturated carbocycles. The average molecular weight is 595 g/mol. The van der Waals surface area contributed by atoms with Crippen LogP contribution in [0.3, 0.4) is 0 Å². The van der Waals surface area contributed by atoms with Crippen molar-refractivity contribution in [1.82, 2.24) is 4.98 Å². The molecule has 4 aliphatic rings. The molecular formula is C40H58N4. The lowest BCUT2D eigenvalue weighted by molar-refractivity contribution is 0.281. The second-order valence-corrected chi connectivity index (χ2v) is 13.7. The monoisotopic (exact) mass is 594 g/mol. The number of hydrogen-bond donors (Lipinski definition) is 4. The molecule has 7 atom stereocenters. The Kier molecular flexibility index (Phi) is 12.3. The van der Waals surface area contributed by atoms with Crippen molar-refractivity contribution in [3.8, 4) is 0 Å². The fourth-order valence-corrected chi connectivity index (χ4v) is 7.98. The molecule has 238 valence electrons. The number of hydrogen-bond acceptors (Lipinski definition) is 3. The first kappa shape index (κ1) is 32.7. The van der Waals surface area contributed by atoms with E-state index in [4.69, 9.17) is 17.2 Å². The van der Waals surface area contributed by atoms with E-state index in [1.807, 2.05) is 0 Å². The van der Waals surface area contributed by atoms with Gasteiger partial charge in [0.1, 0.15) is 0 Å². The van der Waals surface area contributed by atoms with Crippen LogP contribution in [-0.4, -0.2) is 24.1 Å². The summed E-state index contributed by atoms with van der Waals surface area (Å²) in [6.07, 6.45) is 40.9. The van der Waals surface area contributed by atoms with Crippen LogP contribution in [0.15, 0.2) is 90.1 Å². The van der Waals surface area contributed by atoms with Crippen LogP contribution in [0.2, 0.25) is 0 Å². The molecule has 0 amide bonds. The van der Waals surface area contributed by atoms with Gasteiger partial charge in [0.25, 0.3) is 0 Å². The van der Waals surface area contributed by atoms with Gasteiger partial charge in [-0.25, -0.2) is 0 Å². The van der Waals surface area contributed by atoms with E-state index in [0.717, 1.165) is 45.1 Å². The maximum atomic E-state index is 6.64. The van der Waals surface area contributed by atoms with Crippen LogP contribution in [0, 0.1) is 29.6 Å². The van der Waals surface area contributed by atoms with Gasteiger partial charge in [-0.05, 0) is 143 Å². The van der Waals surface area contributed by atoms with Crippen molar-refractivity contribution >= 4 is 5.57 Å². The topological polar surface area (TPSA) is 93.8 Å². The highest BCUT2D eigenvalue weighted by molar-refractivity contribution is 5.64. The van der Waals surface area contributed by atoms with Gasteiger partial charge in [0, 0.05) is 29.9 Å². The zero-order valence-electron chi connectivity index (χ0n) is 27.2. The summed E-state index contributed by atoms with van der Waals surface area (Å²) in [5.74, 6) is 3.67. The number of aromatic amines is 1. The van der Waals surface area contributed by atoms with Gasteiger partial charge in [0.15, 0.2) is 0 Å². The van der Waals surface area contributed by atoms with Gasteiger partial charge < -0.3 is 22.2 Å². The van der Waals surface area contributed by atoms with Gasteiger partial charge in [-0.3, -0.25) is 0 Å². The lowest BCUT2D eigenvalue weighted by atomic mass is 9.70. The van der Waals surface area contributed by atoms with Crippen LogP contribution in [-0.2, 0) is 0 Å². The molecule has 4 aliphatic carbocycles. The van der Waals surface area contributed by atoms with Crippen molar-refractivity contribution in [2.24, 2.45) is 46.8 Å². The first-order valence-corrected chi connectivity index (χ1v) is 17.7. The van der Waals surface area contributed by atoms with Gasteiger partial charge in [0.05, 0.1) is 0 Å². The standard InChI is InChI=1S/C40H58N4/c1-2-29(28-42)39-23-24-40(44-39)37-13-9-11-35(27-37)33-21-17-31(18-22-33)30-15-19-32(20-16-30)34-10-8-12-36(26-34)38(43)14-6-4-3-5-7-25-41/h2,6,8,10-11,14-15,17,19,21-24,30-32,34,36-38,44H,3-5,7,9,12-13,16,18,20,25-28,41-43H2,1H3/b14-6-,29-2+/t30?,31-,32-,34?,36?,37?,38?/m1/s1. The molecular weight excluding hydrogens is 536 g/mol. The number of nitrogens with one attached hydrogen (secondary N) is 1. The number of aromatic nitrogens is 1. The molecule has 0 radical (unpaired) electrons. The summed E-state index contributed by atoms with van der Waals surface area (Å²) < 4.78 is 0. The lowest BCUT2D eigenvalue weighted by Gasteiger charge is -2.35. The molecule has 5 unspecified atom stereocenters. The van der Waals surface area contributed by atoms with E-state index in [0.29, 0.717) is 42.1 Å². The van der Waals surface area contributed by atoms with Crippen molar-refractivity contribution < 1.29 is 0 Å². The molecule has 0 saturated heterocycles. The van der Waals surface area contributed by atoms with Crippen molar-refractivity contribution in [3.63, 3.8) is 0 Å². The summed E-state index contributed by atoms with van der Waals surface area (Å²) in [4.78, 5) is 3.67. The second-order valence-electron chi connectivity index (χ2n) is 13.7. The van der Waals surface area contributed by atoms with E-state index in [2.05, 4.69) is 90.9 Å². The Morgan fingerprint density at radius 1 is 0.932 bits per heavy atom. The highest BCUT2D eigenvalue weighted by atomic mass is 14.7. The molecule has 4 nitrogen and oxygen atoms in total. The van der Waals surface area contributed by atoms with Crippen LogP contribution in [0.5, 0.6) is 0 Å². The summed E-state index contributed by atoms with van der Waals surface area (Å²) in [6.45, 7) is 3.44. The van der Waals surface area contributed by atoms with Crippen molar-refractivity contribution in [3.05, 3.63) is 102 Å². The van der Waals surface area contributed by atoms with Gasteiger partial charge in [-0.2, -0.15) is 0 Å². The molecule has 0 spiro atoms. The Morgan fingerprint density at radius 3 is 2.50 bits per heavy atom. The minimum absolute atomic E-state index is 0.169. The van der Waals surface area contributed by atoms with E-state index in [9.17, 15) is 0 Å². The number of allylic oxidation sites excluding steroid dienone is 12. The summed E-state index contributed by atoms with van der Waals surface area (Å²) in [5.41, 5.74) is 24.9. The smallest absolute Gasteiger partial charge is 0.0424 e. The van der Waals surface area contributed by atoms with Crippen molar-refractivity contribution in [1.29, 1.82) is 0 Å². The summed E-state index contributed by atoms with van der Waals surface area (Å²) in [7, 11) is 0. The molecule has 0 bridgehead atoms. The van der Waals surface area contributed by atoms with Crippen LogP contribution >= 0.6 is 0 Å². The zero-order valence-corrected chi connectivity index (χ0v) is 27.2. The predicted octanol–water partition coefficient (Wildman–Crippen LogP) is 8.64. The molecule has 7 N–H and O–H groups in total. The summed E-state index contributed by atoms with van der Waals surface area (Å²) in [6, 6.07) is 4.64. The Hall–Kier alpha value is -2.66. The summed E-state index contributed by atoms with van der Waals surface area (Å²) >= 11 is 0. The molecule has 1 heterocycles. The molecule has 1 aromatic rings. The van der Waals surface area contributed by atoms with E-state index >= 15 is 0 Å². The minimum Gasteiger partial charge on any atom is -0.358 e. The fourth-order valence-electron chi connectivity index (χ4n) is 7.98. The number of unbranched alkanes of at least 4 members (excludes halogenated alkanes) is 3. The predicted molar refractivity (Wildman–Crippen MR) is 189 cm³/mol. The van der Waals surface area contributed by atoms with E-state index in [1.54, 1.807) is 0 Å². The molecule has 0 fully saturated rings. The van der Waals surface area contributed by atoms with Crippen molar-refractivity contribution in [2.45, 2.75) is 95.9 Å². The number of H-pyrrole nitrogens is 1. The summed E-state index contributed by atoms with van der Waals surface area (Å²) in [5, 5.41) is 0. The van der Waals surface area contributed by atoms with Gasteiger partial charge in [-0.1, -0.05) is 73.3 Å². The van der Waals surface area contributed by atoms with E-state index < -0.39 is 0 Å². The van der Waals surface area contributed by atoms with Gasteiger partial charge >= 0.3 is 0 Å². The van der Waals surface area contributed by atoms with Gasteiger partial charge in [-0.15, -0.1) is 0 Å². The normalized spacial score (nSPS) is 30.0. The third-order valence-electron chi connectivity index (χ3n) is 10.9. The first-order chi connectivity index (χ1) is 21.6. The largest absolute Gasteiger partial charge is 0.358 e. The van der Waals surface area contributed by atoms with Crippen LogP contribution in [0.4, 0.5) is 0 Å². The molecule has 0 aliphatic heterocycles. The van der Waals surface area contributed by atoms with E-state index in [1.165, 1.54) is 66.6 Å². The molecule has 1 aromatic heterocycles. The minimum atomic E-state index is 0.169. The Bertz CT molecular complexity index is 1270. The number of nitrogens with two attached hydrogens (primary N) is 3. The second kappa shape index (κ2) is 16.6. The third kappa shape index (κ3) is 8.53. The molecule has 5 rings (SSSR count). The zero-order chi connectivity index (χ0) is 30.7. The quantitative estimate of drug-likeness (QED) is 0.136. The lowest BCUT2D eigenvalue weighted by Crippen LogP contribution is -2.32. The van der Waals surface area contributed by atoms with Crippen LogP contribution in [0.25, 0.3) is 5.57 Å². The molecule has 44 heavy (non-hydrogen) atoms. The number of rotatable bonds is 13. The highest BCUT2D eigenvalue weighted by Gasteiger charge is 2.30. The Morgan fingerprint density at radius 2 is 1.77 bits per heavy atom. The maximum Gasteiger partial charge on any atom is 0.0424 e. The molecule has 4 heteroatoms. The first-order valence-electron chi connectivity index (χ1n) is 17.7. The maximum absolute atomic E-state index is 6.64. The molecule has 0 aromatic carbocycles. The average Bonchev–Trinajstić information content (AvgIpc) is 3.57. The SMILES string of the molecule is C/C=C(\CN)c1ccc(C2CCC=C(C3=CC[C@H](C4C=C[C@@H](C5C=CCC(C(N)/C=C\CCCCCN)C5)CC4)C=C3)C2)[nH]1. The highest BCUT2D eigenvalue weighted by Crippen LogP contribution is 2.41. The third-order valence-corrected chi connectivity index (χ3v) is 10.9. The van der Waals surface area contributed by atoms with Crippen LogP contribution in [0.1, 0.15) is 101 Å². The Balaban J connectivity index is 1.09. The van der Waals surface area contributed by atoms with Crippen LogP contribution < -0.4 is 17.2 Å². The Labute approximate surface area is 267 Å². The van der Waals surface area contributed by atoms with E-state index in [-0.39, 0.29) is 6.04 Å². The van der Waals surface area contributed by atoms with Crippen molar-refractivity contribution in [2.75, 3.05) is 13.1 Å². The van der Waals surface area contributed by atoms with Gasteiger partial charge in [0.2, 0.25) is 0 Å². The fraction of sp³-hybridized carbons (Fsp3) is 0.550.